The van der Waals surface area contributed by atoms with E-state index in [2.05, 4.69) is 39.8 Å². The summed E-state index contributed by atoms with van der Waals surface area (Å²) in [6.07, 6.45) is 2.95. The lowest BCUT2D eigenvalue weighted by Crippen LogP contribution is -2.09. The van der Waals surface area contributed by atoms with Crippen LogP contribution < -0.4 is 5.63 Å². The van der Waals surface area contributed by atoms with E-state index in [1.54, 1.807) is 0 Å². The lowest BCUT2D eigenvalue weighted by molar-refractivity contribution is 0.545. The maximum absolute atomic E-state index is 12.2. The van der Waals surface area contributed by atoms with Crippen LogP contribution in [0.5, 0.6) is 0 Å². The van der Waals surface area contributed by atoms with Gasteiger partial charge in [0, 0.05) is 10.9 Å². The third-order valence-electron chi connectivity index (χ3n) is 4.41. The predicted molar refractivity (Wildman–Crippen MR) is 82.7 cm³/mol. The Morgan fingerprint density at radius 1 is 1.00 bits per heavy atom. The van der Waals surface area contributed by atoms with E-state index in [9.17, 15) is 4.79 Å². The molecule has 2 aromatic rings. The lowest BCUT2D eigenvalue weighted by atomic mass is 9.91. The van der Waals surface area contributed by atoms with Crippen molar-refractivity contribution in [2.24, 2.45) is 0 Å². The van der Waals surface area contributed by atoms with E-state index in [0.29, 0.717) is 11.8 Å². The Morgan fingerprint density at radius 2 is 1.70 bits per heavy atom. The number of aryl methyl sites for hydroxylation is 1. The van der Waals surface area contributed by atoms with E-state index >= 15 is 0 Å². The molecule has 0 fully saturated rings. The summed E-state index contributed by atoms with van der Waals surface area (Å²) in [7, 11) is 0. The van der Waals surface area contributed by atoms with Gasteiger partial charge in [0.1, 0.15) is 5.58 Å². The minimum absolute atomic E-state index is 0.121. The van der Waals surface area contributed by atoms with Gasteiger partial charge in [-0.1, -0.05) is 33.8 Å². The van der Waals surface area contributed by atoms with Crippen LogP contribution in [0.4, 0.5) is 0 Å². The summed E-state index contributed by atoms with van der Waals surface area (Å²) < 4.78 is 5.68. The molecule has 0 saturated heterocycles. The highest BCUT2D eigenvalue weighted by atomic mass is 16.4. The molecular formula is C18H22O2. The number of fused-ring (bicyclic) bond motifs is 3. The molecule has 2 nitrogen and oxygen atoms in total. The molecule has 0 atom stereocenters. The standard InChI is InChI=1S/C18H22O2/c1-10(2)12-8-15(11(3)4)17-16(9-12)13-6-5-7-14(13)18(19)20-17/h8-11H,5-7H2,1-4H3. The highest BCUT2D eigenvalue weighted by molar-refractivity contribution is 5.86. The van der Waals surface area contributed by atoms with Crippen LogP contribution in [0, 0.1) is 0 Å². The Hall–Kier alpha value is -1.57. The minimum atomic E-state index is -0.121. The number of hydrogen-bond acceptors (Lipinski definition) is 2. The normalized spacial score (nSPS) is 14.5. The molecule has 0 spiro atoms. The van der Waals surface area contributed by atoms with Crippen LogP contribution in [-0.4, -0.2) is 0 Å². The van der Waals surface area contributed by atoms with Crippen molar-refractivity contribution in [3.8, 4) is 0 Å². The first kappa shape index (κ1) is 13.4. The highest BCUT2D eigenvalue weighted by Gasteiger charge is 2.22. The molecule has 20 heavy (non-hydrogen) atoms. The molecule has 0 N–H and O–H groups in total. The Labute approximate surface area is 119 Å². The average molecular weight is 270 g/mol. The van der Waals surface area contributed by atoms with E-state index in [-0.39, 0.29) is 5.63 Å². The fourth-order valence-electron chi connectivity index (χ4n) is 3.20. The van der Waals surface area contributed by atoms with Gasteiger partial charge >= 0.3 is 5.63 Å². The lowest BCUT2D eigenvalue weighted by Gasteiger charge is -2.15. The van der Waals surface area contributed by atoms with Crippen LogP contribution in [0.1, 0.15) is 68.2 Å². The summed E-state index contributed by atoms with van der Waals surface area (Å²) in [6.45, 7) is 8.74. The maximum Gasteiger partial charge on any atom is 0.339 e. The van der Waals surface area contributed by atoms with E-state index in [1.807, 2.05) is 0 Å². The fourth-order valence-corrected chi connectivity index (χ4v) is 3.20. The fraction of sp³-hybridized carbons (Fsp3) is 0.500. The van der Waals surface area contributed by atoms with E-state index in [0.717, 1.165) is 36.0 Å². The van der Waals surface area contributed by atoms with Gasteiger partial charge in [-0.15, -0.1) is 0 Å². The zero-order chi connectivity index (χ0) is 14.4. The van der Waals surface area contributed by atoms with Crippen molar-refractivity contribution in [1.82, 2.24) is 0 Å². The van der Waals surface area contributed by atoms with Crippen LogP contribution in [-0.2, 0) is 12.8 Å². The van der Waals surface area contributed by atoms with E-state index in [1.165, 1.54) is 16.5 Å². The number of benzene rings is 1. The van der Waals surface area contributed by atoms with Crippen molar-refractivity contribution in [1.29, 1.82) is 0 Å². The van der Waals surface area contributed by atoms with Gasteiger partial charge in [-0.05, 0) is 53.9 Å². The molecule has 106 valence electrons. The first-order valence-corrected chi connectivity index (χ1v) is 7.61. The number of hydrogen-bond donors (Lipinski definition) is 0. The first-order valence-electron chi connectivity index (χ1n) is 7.61. The number of rotatable bonds is 2. The summed E-state index contributed by atoms with van der Waals surface area (Å²) in [5.74, 6) is 0.847. The molecule has 1 heterocycles. The molecule has 2 heteroatoms. The topological polar surface area (TPSA) is 30.2 Å². The summed E-state index contributed by atoms with van der Waals surface area (Å²) in [5, 5.41) is 1.17. The minimum Gasteiger partial charge on any atom is -0.422 e. The van der Waals surface area contributed by atoms with Crippen LogP contribution >= 0.6 is 0 Å². The molecule has 1 aliphatic rings. The summed E-state index contributed by atoms with van der Waals surface area (Å²) in [5.41, 5.74) is 5.34. The molecule has 0 unspecified atom stereocenters. The first-order chi connectivity index (χ1) is 9.49. The molecule has 0 radical (unpaired) electrons. The van der Waals surface area contributed by atoms with Gasteiger partial charge in [-0.25, -0.2) is 4.79 Å². The second-order valence-electron chi connectivity index (χ2n) is 6.50. The Balaban J connectivity index is 2.43. The van der Waals surface area contributed by atoms with Gasteiger partial charge in [0.2, 0.25) is 0 Å². The third kappa shape index (κ3) is 1.98. The second-order valence-corrected chi connectivity index (χ2v) is 6.50. The van der Waals surface area contributed by atoms with Crippen molar-refractivity contribution < 1.29 is 4.42 Å². The van der Waals surface area contributed by atoms with Crippen LogP contribution in [0.15, 0.2) is 21.3 Å². The Kier molecular flexibility index (Phi) is 3.19. The summed E-state index contributed by atoms with van der Waals surface area (Å²) in [4.78, 5) is 12.2. The van der Waals surface area contributed by atoms with Gasteiger partial charge in [-0.3, -0.25) is 0 Å². The molecule has 0 saturated carbocycles. The van der Waals surface area contributed by atoms with Gasteiger partial charge < -0.3 is 4.42 Å². The average Bonchev–Trinajstić information content (AvgIpc) is 2.87. The van der Waals surface area contributed by atoms with Gasteiger partial charge in [-0.2, -0.15) is 0 Å². The molecule has 0 amide bonds. The smallest absolute Gasteiger partial charge is 0.339 e. The zero-order valence-corrected chi connectivity index (χ0v) is 12.7. The van der Waals surface area contributed by atoms with Gasteiger partial charge in [0.05, 0.1) is 0 Å². The van der Waals surface area contributed by atoms with Crippen molar-refractivity contribution in [3.63, 3.8) is 0 Å². The van der Waals surface area contributed by atoms with Crippen molar-refractivity contribution in [2.75, 3.05) is 0 Å². The van der Waals surface area contributed by atoms with Crippen LogP contribution in [0.2, 0.25) is 0 Å². The van der Waals surface area contributed by atoms with E-state index < -0.39 is 0 Å². The highest BCUT2D eigenvalue weighted by Crippen LogP contribution is 2.34. The largest absolute Gasteiger partial charge is 0.422 e. The van der Waals surface area contributed by atoms with Crippen molar-refractivity contribution in [3.05, 3.63) is 44.8 Å². The Morgan fingerprint density at radius 3 is 2.35 bits per heavy atom. The quantitative estimate of drug-likeness (QED) is 0.750. The molecule has 1 aromatic carbocycles. The van der Waals surface area contributed by atoms with Crippen LogP contribution in [0.3, 0.4) is 0 Å². The monoisotopic (exact) mass is 270 g/mol. The second kappa shape index (κ2) is 4.76. The van der Waals surface area contributed by atoms with E-state index in [4.69, 9.17) is 4.42 Å². The SMILES string of the molecule is CC(C)c1cc(C(C)C)c2oc(=O)c3c(c2c1)CCC3. The zero-order valence-electron chi connectivity index (χ0n) is 12.7. The molecule has 1 aromatic heterocycles. The maximum atomic E-state index is 12.2. The summed E-state index contributed by atoms with van der Waals surface area (Å²) >= 11 is 0. The van der Waals surface area contributed by atoms with Crippen molar-refractivity contribution in [2.45, 2.75) is 58.8 Å². The van der Waals surface area contributed by atoms with Gasteiger partial charge in [0.15, 0.2) is 0 Å². The predicted octanol–water partition coefficient (Wildman–Crippen LogP) is 4.53. The molecule has 0 aliphatic heterocycles. The molecule has 3 rings (SSSR count). The van der Waals surface area contributed by atoms with Crippen molar-refractivity contribution >= 4 is 11.0 Å². The Bertz CT molecular complexity index is 720. The van der Waals surface area contributed by atoms with Gasteiger partial charge in [0.25, 0.3) is 0 Å². The molecule has 0 bridgehead atoms. The van der Waals surface area contributed by atoms with Crippen LogP contribution in [0.25, 0.3) is 11.0 Å². The molecular weight excluding hydrogens is 248 g/mol. The molecule has 1 aliphatic carbocycles. The third-order valence-corrected chi connectivity index (χ3v) is 4.41. The summed E-state index contributed by atoms with van der Waals surface area (Å²) in [6, 6.07) is 4.45.